The summed E-state index contributed by atoms with van der Waals surface area (Å²) < 4.78 is 68.5. The maximum Gasteiger partial charge on any atom is 0.416 e. The van der Waals surface area contributed by atoms with Crippen molar-refractivity contribution in [2.24, 2.45) is 11.7 Å². The second-order valence-corrected chi connectivity index (χ2v) is 9.05. The van der Waals surface area contributed by atoms with Gasteiger partial charge in [-0.3, -0.25) is 9.69 Å². The van der Waals surface area contributed by atoms with Crippen LogP contribution in [0.3, 0.4) is 0 Å². The first-order chi connectivity index (χ1) is 16.6. The van der Waals surface area contributed by atoms with Gasteiger partial charge in [0.25, 0.3) is 0 Å². The van der Waals surface area contributed by atoms with E-state index in [0.29, 0.717) is 25.2 Å². The van der Waals surface area contributed by atoms with Gasteiger partial charge in [-0.25, -0.2) is 14.4 Å². The molecule has 206 valence electrons. The van der Waals surface area contributed by atoms with Crippen LogP contribution in [0, 0.1) is 11.7 Å². The summed E-state index contributed by atoms with van der Waals surface area (Å²) in [6.07, 6.45) is -2.93. The Balaban J connectivity index is 0.00000241. The lowest BCUT2D eigenvalue weighted by Gasteiger charge is -2.31. The van der Waals surface area contributed by atoms with E-state index in [2.05, 4.69) is 15.3 Å². The predicted molar refractivity (Wildman–Crippen MR) is 133 cm³/mol. The van der Waals surface area contributed by atoms with Gasteiger partial charge in [0.1, 0.15) is 12.5 Å². The molecule has 2 saturated heterocycles. The summed E-state index contributed by atoms with van der Waals surface area (Å²) in [7, 11) is 0. The van der Waals surface area contributed by atoms with Crippen molar-refractivity contribution in [3.05, 3.63) is 47.5 Å². The summed E-state index contributed by atoms with van der Waals surface area (Å²) in [5.74, 6) is -0.959. The molecular weight excluding hydrogens is 495 g/mol. The van der Waals surface area contributed by atoms with Crippen LogP contribution >= 0.6 is 0 Å². The van der Waals surface area contributed by atoms with Gasteiger partial charge in [-0.2, -0.15) is 17.6 Å². The summed E-state index contributed by atoms with van der Waals surface area (Å²) in [6, 6.07) is 3.82. The third-order valence-corrected chi connectivity index (χ3v) is 6.56. The molecule has 2 fully saturated rings. The lowest BCUT2D eigenvalue weighted by molar-refractivity contribution is -0.137. The molecule has 37 heavy (non-hydrogen) atoms. The summed E-state index contributed by atoms with van der Waals surface area (Å²) in [4.78, 5) is 22.5. The Morgan fingerprint density at radius 1 is 1.11 bits per heavy atom. The highest BCUT2D eigenvalue weighted by molar-refractivity contribution is 5.75. The minimum atomic E-state index is -4.48. The van der Waals surface area contributed by atoms with E-state index in [1.807, 2.05) is 4.90 Å². The molecule has 2 aromatic rings. The topological polar surface area (TPSA) is 87.4 Å². The number of halogens is 5. The predicted octanol–water partition coefficient (Wildman–Crippen LogP) is 4.81. The van der Waals surface area contributed by atoms with Gasteiger partial charge in [0.2, 0.25) is 11.7 Å². The zero-order valence-electron chi connectivity index (χ0n) is 18.9. The maximum absolute atomic E-state index is 15.4. The fourth-order valence-corrected chi connectivity index (χ4v) is 4.72. The van der Waals surface area contributed by atoms with E-state index in [1.54, 1.807) is 0 Å². The average Bonchev–Trinajstić information content (AvgIpc) is 3.20. The van der Waals surface area contributed by atoms with Crippen LogP contribution in [-0.4, -0.2) is 59.7 Å². The van der Waals surface area contributed by atoms with Gasteiger partial charge in [-0.1, -0.05) is 27.0 Å². The Kier molecular flexibility index (Phi) is 10.2. The zero-order chi connectivity index (χ0) is 25.2. The number of aromatic nitrogens is 2. The van der Waals surface area contributed by atoms with Crippen molar-refractivity contribution in [3.63, 3.8) is 0 Å². The Bertz CT molecular complexity index is 1030. The van der Waals surface area contributed by atoms with Crippen LogP contribution in [-0.2, 0) is 11.0 Å². The highest BCUT2D eigenvalue weighted by Crippen LogP contribution is 2.39. The van der Waals surface area contributed by atoms with Gasteiger partial charge < -0.3 is 16.0 Å². The van der Waals surface area contributed by atoms with Crippen LogP contribution in [0.2, 0.25) is 0 Å². The van der Waals surface area contributed by atoms with Crippen LogP contribution in [0.4, 0.5) is 33.6 Å². The Hall–Kier alpha value is -3.02. The van der Waals surface area contributed by atoms with E-state index in [0.717, 1.165) is 25.0 Å². The number of nitrogens with zero attached hydrogens (tertiary/aromatic N) is 4. The Morgan fingerprint density at radius 3 is 2.35 bits per heavy atom. The first-order valence-electron chi connectivity index (χ1n) is 11.4. The van der Waals surface area contributed by atoms with Crippen LogP contribution in [0.5, 0.6) is 0 Å². The summed E-state index contributed by atoms with van der Waals surface area (Å²) in [6.45, 7) is 1.99. The number of likely N-dealkylation sites (tertiary alicyclic amines) is 1. The van der Waals surface area contributed by atoms with E-state index in [9.17, 15) is 22.4 Å². The third-order valence-electron chi connectivity index (χ3n) is 6.56. The number of benzene rings is 1. The molecule has 2 aliphatic rings. The minimum Gasteiger partial charge on any atom is -0.369 e. The van der Waals surface area contributed by atoms with E-state index >= 15 is 4.39 Å². The van der Waals surface area contributed by atoms with Crippen molar-refractivity contribution in [1.82, 2.24) is 14.9 Å². The lowest BCUT2D eigenvalue weighted by Crippen LogP contribution is -2.40. The first kappa shape index (κ1) is 30.2. The van der Waals surface area contributed by atoms with Crippen LogP contribution in [0.25, 0.3) is 0 Å². The standard InChI is InChI=1S/C23H27F5N6O.2CH4/c24-17-9-18(15-1-3-16(4-2-15)23(26,27)28)34(11-17)22-20(25)21(31-13-32-22)30-10-14-5-7-33(8-6-14)12-19(29)35;;/h1-4,13-14,17-18H,5-12H2,(H2,29,35)(H,30,31,32);2*1H4/t17-,18-;;/m1../s1. The molecule has 4 rings (SSSR count). The third kappa shape index (κ3) is 7.27. The molecule has 0 saturated carbocycles. The van der Waals surface area contributed by atoms with Crippen LogP contribution in [0.1, 0.15) is 51.3 Å². The number of anilines is 2. The number of nitrogens with one attached hydrogen (secondary N) is 1. The molecule has 1 aromatic heterocycles. The molecule has 3 N–H and O–H groups in total. The number of carbonyl (C=O) groups is 1. The maximum atomic E-state index is 15.4. The number of carbonyl (C=O) groups excluding carboxylic acids is 1. The smallest absolute Gasteiger partial charge is 0.369 e. The van der Waals surface area contributed by atoms with Gasteiger partial charge in [-0.15, -0.1) is 0 Å². The second-order valence-electron chi connectivity index (χ2n) is 9.05. The molecule has 2 atom stereocenters. The monoisotopic (exact) mass is 530 g/mol. The van der Waals surface area contributed by atoms with E-state index in [-0.39, 0.29) is 57.8 Å². The molecule has 0 spiro atoms. The van der Waals surface area contributed by atoms with Crippen molar-refractivity contribution in [2.75, 3.05) is 42.9 Å². The van der Waals surface area contributed by atoms with Crippen LogP contribution in [0.15, 0.2) is 30.6 Å². The van der Waals surface area contributed by atoms with Crippen LogP contribution < -0.4 is 16.0 Å². The first-order valence-corrected chi connectivity index (χ1v) is 11.4. The number of piperidine rings is 1. The molecule has 3 heterocycles. The molecular formula is C25H35F5N6O. The molecule has 0 unspecified atom stereocenters. The van der Waals surface area contributed by atoms with Gasteiger partial charge >= 0.3 is 6.18 Å². The fraction of sp³-hybridized carbons (Fsp3) is 0.560. The molecule has 2 aliphatic heterocycles. The SMILES string of the molecule is C.C.NC(=O)CN1CCC(CNc2ncnc(N3C[C@H](F)C[C@@H]3c3ccc(C(F)(F)F)cc3)c2F)CC1. The highest BCUT2D eigenvalue weighted by atomic mass is 19.4. The number of hydrogen-bond acceptors (Lipinski definition) is 6. The average molecular weight is 531 g/mol. The minimum absolute atomic E-state index is 0. The molecule has 1 amide bonds. The van der Waals surface area contributed by atoms with E-state index in [4.69, 9.17) is 5.73 Å². The number of hydrogen-bond donors (Lipinski definition) is 2. The molecule has 12 heteroatoms. The normalized spacial score (nSPS) is 20.7. The highest BCUT2D eigenvalue weighted by Gasteiger charge is 2.37. The number of primary amides is 1. The van der Waals surface area contributed by atoms with Gasteiger partial charge in [0, 0.05) is 13.0 Å². The number of nitrogens with two attached hydrogens (primary N) is 1. The lowest BCUT2D eigenvalue weighted by atomic mass is 9.97. The van der Waals surface area contributed by atoms with E-state index in [1.165, 1.54) is 23.4 Å². The largest absolute Gasteiger partial charge is 0.416 e. The van der Waals surface area contributed by atoms with Gasteiger partial charge in [-0.05, 0) is 49.5 Å². The van der Waals surface area contributed by atoms with Crippen molar-refractivity contribution in [1.29, 1.82) is 0 Å². The van der Waals surface area contributed by atoms with Gasteiger partial charge in [0.15, 0.2) is 11.6 Å². The summed E-state index contributed by atoms with van der Waals surface area (Å²) >= 11 is 0. The number of alkyl halides is 4. The molecule has 0 aliphatic carbocycles. The van der Waals surface area contributed by atoms with Crippen molar-refractivity contribution in [2.45, 2.75) is 52.5 Å². The molecule has 0 bridgehead atoms. The molecule has 0 radical (unpaired) electrons. The fourth-order valence-electron chi connectivity index (χ4n) is 4.72. The zero-order valence-corrected chi connectivity index (χ0v) is 18.9. The quantitative estimate of drug-likeness (QED) is 0.500. The molecule has 7 nitrogen and oxygen atoms in total. The van der Waals surface area contributed by atoms with E-state index < -0.39 is 29.8 Å². The summed E-state index contributed by atoms with van der Waals surface area (Å²) in [5, 5.41) is 3.01. The van der Waals surface area contributed by atoms with Gasteiger partial charge in [0.05, 0.1) is 24.7 Å². The number of rotatable bonds is 7. The number of amides is 1. The second kappa shape index (κ2) is 12.5. The Labute approximate surface area is 214 Å². The van der Waals surface area contributed by atoms with Crippen molar-refractivity contribution in [3.8, 4) is 0 Å². The van der Waals surface area contributed by atoms with Crippen molar-refractivity contribution >= 4 is 17.5 Å². The summed E-state index contributed by atoms with van der Waals surface area (Å²) in [5.41, 5.74) is 4.88. The molecule has 1 aromatic carbocycles. The Morgan fingerprint density at radius 2 is 1.76 bits per heavy atom. The van der Waals surface area contributed by atoms with Crippen molar-refractivity contribution < 1.29 is 26.7 Å².